The number of para-hydroxylation sites is 1. The number of amides is 6. The number of nitrogens with one attached hydrogen (secondary N) is 2. The third-order valence-electron chi connectivity index (χ3n) is 16.3. The Kier molecular flexibility index (Phi) is 25.8. The summed E-state index contributed by atoms with van der Waals surface area (Å²) in [6.07, 6.45) is 5.13. The fourth-order valence-electron chi connectivity index (χ4n) is 10.7. The molecule has 3 aromatic carbocycles. The van der Waals surface area contributed by atoms with E-state index in [1.165, 1.54) is 35.8 Å². The van der Waals surface area contributed by atoms with Crippen LogP contribution in [-0.4, -0.2) is 182 Å². The van der Waals surface area contributed by atoms with E-state index in [-0.39, 0.29) is 98.9 Å². The number of esters is 1. The number of hydrogen-bond acceptors (Lipinski definition) is 15. The van der Waals surface area contributed by atoms with Crippen molar-refractivity contribution in [3.8, 4) is 17.6 Å². The molecular weight excluding hydrogens is 1150 g/mol. The molecule has 2 saturated heterocycles. The number of hydrogen-bond donors (Lipinski definition) is 2. The number of nitrogens with zero attached hydrogens (tertiary/aromatic N) is 4. The van der Waals surface area contributed by atoms with Gasteiger partial charge in [0.1, 0.15) is 34.6 Å². The summed E-state index contributed by atoms with van der Waals surface area (Å²) >= 11 is 6.82. The minimum atomic E-state index is -1.17. The van der Waals surface area contributed by atoms with Gasteiger partial charge in [-0.05, 0) is 81.5 Å². The van der Waals surface area contributed by atoms with Crippen LogP contribution in [0.4, 0.5) is 16.2 Å². The minimum absolute atomic E-state index is 0.00980. The molecule has 3 aromatic rings. The predicted molar refractivity (Wildman–Crippen MR) is 331 cm³/mol. The van der Waals surface area contributed by atoms with Gasteiger partial charge in [0.2, 0.25) is 29.5 Å². The van der Waals surface area contributed by atoms with Gasteiger partial charge in [0, 0.05) is 89.4 Å². The van der Waals surface area contributed by atoms with Crippen LogP contribution < -0.4 is 25.2 Å². The van der Waals surface area contributed by atoms with Gasteiger partial charge < -0.3 is 68.1 Å². The number of allylic oxidation sites excluding steroid dienone is 3. The summed E-state index contributed by atoms with van der Waals surface area (Å²) in [5.74, 6) is 4.40. The Morgan fingerprint density at radius 3 is 2.25 bits per heavy atom. The molecule has 88 heavy (non-hydrogen) atoms. The first-order valence-electron chi connectivity index (χ1n) is 30.1. The molecule has 4 aliphatic heterocycles. The molecule has 7 rings (SSSR count). The second-order valence-corrected chi connectivity index (χ2v) is 23.1. The summed E-state index contributed by atoms with van der Waals surface area (Å²) in [4.78, 5) is 99.4. The number of ether oxygens (including phenoxy) is 8. The van der Waals surface area contributed by atoms with Crippen molar-refractivity contribution in [2.45, 2.75) is 128 Å². The molecule has 0 aliphatic carbocycles. The number of carbonyl (C=O) groups excluding carboxylic acids is 7. The SMILES string of the molecule is COc1cc2cc(c1Cl)N(C)C(=O)C[C@H](OC(=O)[C@H](C)N(C)C(=O)CCCC(=O)N(C)CCOCCOCCOCCOCCC(=O)NCCC(=O)N1Cc3ccccc3C#Cc3ccccc31)[C@]1(C)O[C@H]1[C@H](C)[C@@H]1CC(C/C=C/C=C(/C)C2)NC(=O)O1. The van der Waals surface area contributed by atoms with E-state index >= 15 is 0 Å². The Balaban J connectivity index is 0.751. The van der Waals surface area contributed by atoms with E-state index in [0.717, 1.165) is 33.5 Å². The second kappa shape index (κ2) is 33.3. The normalized spacial score (nSPS) is 22.0. The predicted octanol–water partition coefficient (Wildman–Crippen LogP) is 7.11. The number of benzene rings is 3. The molecule has 6 amide bonds. The number of carbonyl (C=O) groups is 7. The van der Waals surface area contributed by atoms with Crippen molar-refractivity contribution in [2.24, 2.45) is 5.92 Å². The van der Waals surface area contributed by atoms with Gasteiger partial charge in [-0.1, -0.05) is 84.5 Å². The summed E-state index contributed by atoms with van der Waals surface area (Å²) in [5, 5.41) is 5.96. The number of halogens is 1. The molecule has 4 aliphatic rings. The molecular formula is C66H85ClN6O15. The molecule has 22 heteroatoms. The van der Waals surface area contributed by atoms with Crippen LogP contribution in [0.3, 0.4) is 0 Å². The lowest BCUT2D eigenvalue weighted by Crippen LogP contribution is -2.49. The minimum Gasteiger partial charge on any atom is -0.495 e. The van der Waals surface area contributed by atoms with E-state index in [9.17, 15) is 33.6 Å². The Hall–Kier alpha value is -7.32. The average molecular weight is 1240 g/mol. The van der Waals surface area contributed by atoms with Crippen molar-refractivity contribution in [1.82, 2.24) is 20.4 Å². The molecule has 7 atom stereocenters. The largest absolute Gasteiger partial charge is 0.495 e. The molecule has 4 bridgehead atoms. The summed E-state index contributed by atoms with van der Waals surface area (Å²) in [5.41, 5.74) is 4.49. The van der Waals surface area contributed by atoms with Crippen molar-refractivity contribution in [3.05, 3.63) is 112 Å². The molecule has 2 N–H and O–H groups in total. The van der Waals surface area contributed by atoms with E-state index < -0.39 is 47.9 Å². The van der Waals surface area contributed by atoms with E-state index in [0.29, 0.717) is 83.4 Å². The third-order valence-corrected chi connectivity index (χ3v) is 16.7. The number of alkyl carbamates (subject to hydrolysis) is 1. The number of methoxy groups -OCH3 is 1. The molecule has 476 valence electrons. The Morgan fingerprint density at radius 2 is 1.52 bits per heavy atom. The van der Waals surface area contributed by atoms with E-state index in [4.69, 9.17) is 49.5 Å². The molecule has 0 aromatic heterocycles. The monoisotopic (exact) mass is 1240 g/mol. The van der Waals surface area contributed by atoms with Crippen molar-refractivity contribution in [2.75, 3.05) is 104 Å². The molecule has 1 unspecified atom stereocenters. The van der Waals surface area contributed by atoms with Crippen LogP contribution in [0.5, 0.6) is 5.75 Å². The lowest BCUT2D eigenvalue weighted by atomic mass is 9.85. The summed E-state index contributed by atoms with van der Waals surface area (Å²) in [6.45, 7) is 10.5. The van der Waals surface area contributed by atoms with Crippen molar-refractivity contribution >= 4 is 64.6 Å². The van der Waals surface area contributed by atoms with Crippen LogP contribution in [0.15, 0.2) is 84.5 Å². The van der Waals surface area contributed by atoms with Crippen LogP contribution in [0.1, 0.15) is 101 Å². The summed E-state index contributed by atoms with van der Waals surface area (Å²) in [6, 6.07) is 17.7. The molecule has 4 heterocycles. The highest BCUT2D eigenvalue weighted by molar-refractivity contribution is 6.35. The van der Waals surface area contributed by atoms with Gasteiger partial charge >= 0.3 is 12.1 Å². The number of fused-ring (bicyclic) bond motifs is 7. The van der Waals surface area contributed by atoms with Gasteiger partial charge in [-0.25, -0.2) is 9.59 Å². The van der Waals surface area contributed by atoms with Gasteiger partial charge in [-0.2, -0.15) is 0 Å². The topological polar surface area (TPSA) is 234 Å². The second-order valence-electron chi connectivity index (χ2n) is 22.7. The van der Waals surface area contributed by atoms with Crippen LogP contribution >= 0.6 is 11.6 Å². The molecule has 0 spiro atoms. The Morgan fingerprint density at radius 1 is 0.864 bits per heavy atom. The van der Waals surface area contributed by atoms with Crippen molar-refractivity contribution in [1.29, 1.82) is 0 Å². The van der Waals surface area contributed by atoms with Gasteiger partial charge in [-0.15, -0.1) is 0 Å². The highest BCUT2D eigenvalue weighted by atomic mass is 35.5. The number of epoxide rings is 1. The van der Waals surface area contributed by atoms with E-state index in [1.54, 1.807) is 25.9 Å². The fourth-order valence-corrected chi connectivity index (χ4v) is 11.0. The number of rotatable bonds is 26. The first-order chi connectivity index (χ1) is 42.3. The van der Waals surface area contributed by atoms with Crippen LogP contribution in [0.2, 0.25) is 5.02 Å². The van der Waals surface area contributed by atoms with Gasteiger partial charge in [-0.3, -0.25) is 24.0 Å². The smallest absolute Gasteiger partial charge is 0.407 e. The molecule has 0 saturated carbocycles. The van der Waals surface area contributed by atoms with Crippen LogP contribution in [0.25, 0.3) is 0 Å². The van der Waals surface area contributed by atoms with Gasteiger partial charge in [0.05, 0.1) is 90.4 Å². The van der Waals surface area contributed by atoms with Crippen LogP contribution in [0, 0.1) is 17.8 Å². The first-order valence-corrected chi connectivity index (χ1v) is 30.5. The van der Waals surface area contributed by atoms with E-state index in [1.807, 2.05) is 92.7 Å². The molecule has 2 fully saturated rings. The summed E-state index contributed by atoms with van der Waals surface area (Å²) < 4.78 is 46.3. The zero-order valence-electron chi connectivity index (χ0n) is 51.9. The zero-order valence-corrected chi connectivity index (χ0v) is 52.7. The first kappa shape index (κ1) is 68.2. The standard InChI is InChI=1S/C66H85ClN6O15/c1-44-16-9-13-20-51-41-54(86-65(80)69-51)45(2)63-66(4,88-63)56(42-61(78)72(7)53-39-47(38-44)40-55(81-8)62(53)67)87-64(79)46(3)71(6)59(76)23-15-22-58(75)70(5)29-31-83-33-35-85-37-36-84-34-32-82-30-27-57(74)68-28-26-60(77)73-43-50-19-11-10-17-48(50)24-25-49-18-12-14-21-52(49)73/h9-14,16-19,21,39-40,45-46,51,54,56,63H,15,20,22-23,26-38,41-43H2,1-8H3,(H,68,74)(H,69,80)/b13-9+,44-16-/t45-,46+,51?,54+,56+,63+,66+/m1/s1. The number of likely N-dealkylation sites (N-methyl/N-ethyl adjacent to an activating group) is 2. The molecule has 21 nitrogen and oxygen atoms in total. The highest BCUT2D eigenvalue weighted by Gasteiger charge is 2.64. The Labute approximate surface area is 521 Å². The van der Waals surface area contributed by atoms with Gasteiger partial charge in [0.15, 0.2) is 0 Å². The van der Waals surface area contributed by atoms with Crippen molar-refractivity contribution < 1.29 is 71.5 Å². The van der Waals surface area contributed by atoms with Crippen molar-refractivity contribution in [3.63, 3.8) is 0 Å². The fraction of sp³-hybridized carbons (Fsp3) is 0.530. The number of anilines is 2. The lowest BCUT2D eigenvalue weighted by molar-refractivity contribution is -0.162. The lowest BCUT2D eigenvalue weighted by Gasteiger charge is -2.33. The average Bonchev–Trinajstić information content (AvgIpc) is 1.69. The maximum atomic E-state index is 14.3. The maximum Gasteiger partial charge on any atom is 0.407 e. The zero-order chi connectivity index (χ0) is 63.3. The summed E-state index contributed by atoms with van der Waals surface area (Å²) in [7, 11) is 6.24. The maximum absolute atomic E-state index is 14.3. The third kappa shape index (κ3) is 19.3. The molecule has 0 radical (unpaired) electrons. The van der Waals surface area contributed by atoms with E-state index in [2.05, 4.69) is 22.5 Å². The quantitative estimate of drug-likeness (QED) is 0.0353. The highest BCUT2D eigenvalue weighted by Crippen LogP contribution is 2.49. The van der Waals surface area contributed by atoms with Crippen LogP contribution in [-0.2, 0) is 74.9 Å². The van der Waals surface area contributed by atoms with Gasteiger partial charge in [0.25, 0.3) is 0 Å². The Bertz CT molecular complexity index is 3070.